The number of nitrogens with zero attached hydrogens (tertiary/aromatic N) is 2. The molecule has 0 bridgehead atoms. The van der Waals surface area contributed by atoms with Gasteiger partial charge in [0.2, 0.25) is 10.0 Å². The van der Waals surface area contributed by atoms with Crippen LogP contribution in [0.4, 0.5) is 0 Å². The van der Waals surface area contributed by atoms with Crippen LogP contribution in [0.15, 0.2) is 16.3 Å². The molecule has 0 radical (unpaired) electrons. The Kier molecular flexibility index (Phi) is 7.30. The van der Waals surface area contributed by atoms with E-state index in [4.69, 9.17) is 0 Å². The van der Waals surface area contributed by atoms with Crippen molar-refractivity contribution in [2.45, 2.75) is 50.3 Å². The zero-order chi connectivity index (χ0) is 19.3. The summed E-state index contributed by atoms with van der Waals surface area (Å²) in [7, 11) is -3.55. The Morgan fingerprint density at radius 2 is 1.89 bits per heavy atom. The van der Waals surface area contributed by atoms with Gasteiger partial charge in [0.25, 0.3) is 5.91 Å². The molecule has 1 aromatic rings. The summed E-state index contributed by atoms with van der Waals surface area (Å²) >= 11 is 1.20. The van der Waals surface area contributed by atoms with Crippen LogP contribution in [0, 0.1) is 5.92 Å². The summed E-state index contributed by atoms with van der Waals surface area (Å²) < 4.78 is 27.0. The van der Waals surface area contributed by atoms with Crippen molar-refractivity contribution in [3.8, 4) is 0 Å². The molecule has 2 aliphatic rings. The molecule has 0 aliphatic carbocycles. The van der Waals surface area contributed by atoms with Gasteiger partial charge in [0.05, 0.1) is 0 Å². The van der Waals surface area contributed by atoms with Gasteiger partial charge in [0.1, 0.15) is 9.77 Å². The van der Waals surface area contributed by atoms with Crippen LogP contribution < -0.4 is 5.32 Å². The Hall–Kier alpha value is -0.960. The molecule has 8 heteroatoms. The van der Waals surface area contributed by atoms with E-state index in [1.165, 1.54) is 41.6 Å². The lowest BCUT2D eigenvalue weighted by Gasteiger charge is -2.30. The molecule has 152 valence electrons. The molecule has 2 aliphatic heterocycles. The first-order valence-corrected chi connectivity index (χ1v) is 12.4. The van der Waals surface area contributed by atoms with Gasteiger partial charge in [0, 0.05) is 19.6 Å². The summed E-state index contributed by atoms with van der Waals surface area (Å²) in [6, 6.07) is 1.56. The monoisotopic (exact) mass is 413 g/mol. The predicted octanol–water partition coefficient (Wildman–Crippen LogP) is 2.77. The number of amides is 1. The molecule has 0 aromatic carbocycles. The van der Waals surface area contributed by atoms with E-state index in [1.807, 2.05) is 0 Å². The maximum Gasteiger partial charge on any atom is 0.262 e. The molecule has 3 rings (SSSR count). The van der Waals surface area contributed by atoms with Crippen LogP contribution in [0.5, 0.6) is 0 Å². The topological polar surface area (TPSA) is 69.7 Å². The molecule has 0 spiro atoms. The van der Waals surface area contributed by atoms with E-state index in [0.717, 1.165) is 38.1 Å². The van der Waals surface area contributed by atoms with Crippen molar-refractivity contribution in [3.05, 3.63) is 16.3 Å². The number of piperidine rings is 1. The van der Waals surface area contributed by atoms with Crippen molar-refractivity contribution in [1.29, 1.82) is 0 Å². The van der Waals surface area contributed by atoms with Gasteiger partial charge in [-0.3, -0.25) is 4.79 Å². The van der Waals surface area contributed by atoms with Gasteiger partial charge in [-0.05, 0) is 75.5 Å². The largest absolute Gasteiger partial charge is 0.351 e. The van der Waals surface area contributed by atoms with Crippen LogP contribution in [0.25, 0.3) is 0 Å². The molecule has 1 aromatic heterocycles. The van der Waals surface area contributed by atoms with E-state index in [-0.39, 0.29) is 10.8 Å². The predicted molar refractivity (Wildman–Crippen MR) is 109 cm³/mol. The average molecular weight is 414 g/mol. The van der Waals surface area contributed by atoms with Gasteiger partial charge >= 0.3 is 0 Å². The first kappa shape index (κ1) is 20.8. The normalized spacial score (nSPS) is 20.2. The van der Waals surface area contributed by atoms with E-state index in [1.54, 1.807) is 11.4 Å². The number of nitrogens with one attached hydrogen (secondary N) is 1. The van der Waals surface area contributed by atoms with Crippen molar-refractivity contribution in [2.24, 2.45) is 5.92 Å². The zero-order valence-electron chi connectivity index (χ0n) is 16.2. The van der Waals surface area contributed by atoms with Crippen LogP contribution >= 0.6 is 11.3 Å². The fourth-order valence-corrected chi connectivity index (χ4v) is 6.60. The van der Waals surface area contributed by atoms with Crippen molar-refractivity contribution < 1.29 is 13.2 Å². The van der Waals surface area contributed by atoms with Gasteiger partial charge in [-0.2, -0.15) is 4.31 Å². The van der Waals surface area contributed by atoms with Gasteiger partial charge in [-0.1, -0.05) is 6.92 Å². The third-order valence-corrected chi connectivity index (χ3v) is 8.56. The Bertz CT molecular complexity index is 718. The highest BCUT2D eigenvalue weighted by atomic mass is 32.2. The molecular weight excluding hydrogens is 382 g/mol. The van der Waals surface area contributed by atoms with Crippen molar-refractivity contribution in [1.82, 2.24) is 14.5 Å². The van der Waals surface area contributed by atoms with Crippen LogP contribution in [0.2, 0.25) is 0 Å². The van der Waals surface area contributed by atoms with E-state index in [0.29, 0.717) is 24.5 Å². The summed E-state index contributed by atoms with van der Waals surface area (Å²) in [6.07, 6.45) is 6.31. The second kappa shape index (κ2) is 9.49. The lowest BCUT2D eigenvalue weighted by Crippen LogP contribution is -2.34. The van der Waals surface area contributed by atoms with Crippen molar-refractivity contribution in [3.63, 3.8) is 0 Å². The van der Waals surface area contributed by atoms with Gasteiger partial charge < -0.3 is 10.2 Å². The third kappa shape index (κ3) is 5.31. The highest BCUT2D eigenvalue weighted by Crippen LogP contribution is 2.27. The summed E-state index contributed by atoms with van der Waals surface area (Å²) in [5, 5.41) is 4.59. The quantitative estimate of drug-likeness (QED) is 0.666. The number of rotatable bonds is 8. The minimum absolute atomic E-state index is 0.161. The third-order valence-electron chi connectivity index (χ3n) is 5.58. The second-order valence-corrected chi connectivity index (χ2v) is 10.5. The lowest BCUT2D eigenvalue weighted by molar-refractivity contribution is 0.0953. The van der Waals surface area contributed by atoms with E-state index in [9.17, 15) is 13.2 Å². The maximum absolute atomic E-state index is 12.7. The molecule has 1 N–H and O–H groups in total. The van der Waals surface area contributed by atoms with Gasteiger partial charge in [-0.25, -0.2) is 8.42 Å². The minimum atomic E-state index is -3.55. The Balaban J connectivity index is 1.44. The smallest absolute Gasteiger partial charge is 0.262 e. The number of sulfonamides is 1. The summed E-state index contributed by atoms with van der Waals surface area (Å²) in [6.45, 7) is 7.44. The van der Waals surface area contributed by atoms with Crippen LogP contribution in [0.3, 0.4) is 0 Å². The first-order valence-electron chi connectivity index (χ1n) is 10.1. The molecule has 2 saturated heterocycles. The SMILES string of the molecule is CC1CCN(CCCCNC(=O)c2sccc2S(=O)(=O)N2CCCC2)CC1. The molecule has 27 heavy (non-hydrogen) atoms. The van der Waals surface area contributed by atoms with Crippen LogP contribution in [0.1, 0.15) is 55.1 Å². The van der Waals surface area contributed by atoms with E-state index in [2.05, 4.69) is 17.1 Å². The standard InChI is InChI=1S/C19H31N3O3S2/c1-16-6-13-21(14-7-16)10-3-2-9-20-19(23)18-17(8-15-26-18)27(24,25)22-11-4-5-12-22/h8,15-16H,2-7,9-14H2,1H3,(H,20,23). The van der Waals surface area contributed by atoms with Crippen molar-refractivity contribution in [2.75, 3.05) is 39.3 Å². The minimum Gasteiger partial charge on any atom is -0.351 e. The number of carbonyl (C=O) groups excluding carboxylic acids is 1. The second-order valence-electron chi connectivity index (χ2n) is 7.71. The van der Waals surface area contributed by atoms with Crippen LogP contribution in [-0.2, 0) is 10.0 Å². The fraction of sp³-hybridized carbons (Fsp3) is 0.737. The van der Waals surface area contributed by atoms with E-state index >= 15 is 0 Å². The maximum atomic E-state index is 12.7. The molecule has 3 heterocycles. The molecular formula is C19H31N3O3S2. The molecule has 0 unspecified atom stereocenters. The lowest BCUT2D eigenvalue weighted by atomic mass is 9.99. The zero-order valence-corrected chi connectivity index (χ0v) is 17.8. The number of thiophene rings is 1. The number of hydrogen-bond donors (Lipinski definition) is 1. The Labute approximate surface area is 167 Å². The summed E-state index contributed by atoms with van der Waals surface area (Å²) in [5.41, 5.74) is 0. The highest BCUT2D eigenvalue weighted by molar-refractivity contribution is 7.89. The van der Waals surface area contributed by atoms with E-state index < -0.39 is 10.0 Å². The molecule has 0 atom stereocenters. The summed E-state index contributed by atoms with van der Waals surface area (Å²) in [4.78, 5) is 15.5. The molecule has 6 nitrogen and oxygen atoms in total. The van der Waals surface area contributed by atoms with Gasteiger partial charge in [-0.15, -0.1) is 11.3 Å². The molecule has 2 fully saturated rings. The first-order chi connectivity index (χ1) is 13.0. The molecule has 1 amide bonds. The number of unbranched alkanes of at least 4 members (excludes halogenated alkanes) is 1. The number of likely N-dealkylation sites (tertiary alicyclic amines) is 1. The Morgan fingerprint density at radius 3 is 2.59 bits per heavy atom. The van der Waals surface area contributed by atoms with Crippen LogP contribution in [-0.4, -0.2) is 62.8 Å². The average Bonchev–Trinajstić information content (AvgIpc) is 3.35. The fourth-order valence-electron chi connectivity index (χ4n) is 3.76. The van der Waals surface area contributed by atoms with Crippen molar-refractivity contribution >= 4 is 27.3 Å². The van der Waals surface area contributed by atoms with Gasteiger partial charge in [0.15, 0.2) is 0 Å². The number of hydrogen-bond acceptors (Lipinski definition) is 5. The molecule has 0 saturated carbocycles. The highest BCUT2D eigenvalue weighted by Gasteiger charge is 2.31. The summed E-state index contributed by atoms with van der Waals surface area (Å²) in [5.74, 6) is 0.576. The Morgan fingerprint density at radius 1 is 1.19 bits per heavy atom. The number of carbonyl (C=O) groups is 1.